The summed E-state index contributed by atoms with van der Waals surface area (Å²) >= 11 is 1.59. The summed E-state index contributed by atoms with van der Waals surface area (Å²) in [4.78, 5) is 9.24. The third kappa shape index (κ3) is 2.66. The highest BCUT2D eigenvalue weighted by Crippen LogP contribution is 2.20. The van der Waals surface area contributed by atoms with E-state index in [0.717, 1.165) is 31.6 Å². The van der Waals surface area contributed by atoms with E-state index in [1.54, 1.807) is 17.6 Å². The lowest BCUT2D eigenvalue weighted by Crippen LogP contribution is -2.06. The molecule has 5 nitrogen and oxygen atoms in total. The van der Waals surface area contributed by atoms with E-state index in [1.807, 2.05) is 71.4 Å². The molecule has 0 amide bonds. The van der Waals surface area contributed by atoms with Crippen molar-refractivity contribution in [3.05, 3.63) is 83.6 Å². The van der Waals surface area contributed by atoms with Crippen LogP contribution in [0.3, 0.4) is 0 Å². The number of fused-ring (bicyclic) bond motifs is 3. The molecule has 0 saturated heterocycles. The Morgan fingerprint density at radius 3 is 2.65 bits per heavy atom. The third-order valence-electron chi connectivity index (χ3n) is 4.08. The Kier molecular flexibility index (Phi) is 3.54. The molecule has 6 heteroatoms. The first kappa shape index (κ1) is 14.9. The fourth-order valence-electron chi connectivity index (χ4n) is 2.87. The van der Waals surface area contributed by atoms with Crippen molar-refractivity contribution in [3.63, 3.8) is 0 Å². The maximum atomic E-state index is 4.69. The van der Waals surface area contributed by atoms with Crippen molar-refractivity contribution in [1.29, 1.82) is 0 Å². The van der Waals surface area contributed by atoms with Crippen molar-refractivity contribution < 1.29 is 0 Å². The molecule has 3 heterocycles. The van der Waals surface area contributed by atoms with Crippen LogP contribution in [0.4, 0.5) is 0 Å². The van der Waals surface area contributed by atoms with Crippen LogP contribution in [0.1, 0.15) is 5.01 Å². The number of aromatic nitrogens is 3. The molecule has 5 aromatic rings. The molecule has 0 aliphatic heterocycles. The molecule has 0 atom stereocenters. The van der Waals surface area contributed by atoms with E-state index < -0.39 is 0 Å². The molecule has 0 bridgehead atoms. The molecular formula is C20H13N5S. The smallest absolute Gasteiger partial charge is 0.199 e. The number of rotatable bonds is 2. The highest BCUT2D eigenvalue weighted by atomic mass is 32.1. The minimum absolute atomic E-state index is 0.577. The Morgan fingerprint density at radius 1 is 0.885 bits per heavy atom. The Balaban J connectivity index is 1.65. The van der Waals surface area contributed by atoms with Crippen LogP contribution in [0.2, 0.25) is 0 Å². The Hall–Kier alpha value is -3.38. The SMILES string of the molecule is C(=NN=c1nc2ccccc2cn2cccc12)c1nc2ccccc2s1. The summed E-state index contributed by atoms with van der Waals surface area (Å²) in [6.45, 7) is 0. The van der Waals surface area contributed by atoms with Gasteiger partial charge in [-0.2, -0.15) is 5.10 Å². The van der Waals surface area contributed by atoms with Crippen LogP contribution in [0, 0.1) is 0 Å². The fourth-order valence-corrected chi connectivity index (χ4v) is 3.70. The van der Waals surface area contributed by atoms with Gasteiger partial charge in [0.25, 0.3) is 0 Å². The summed E-state index contributed by atoms with van der Waals surface area (Å²) in [7, 11) is 0. The second kappa shape index (κ2) is 6.16. The zero-order valence-electron chi connectivity index (χ0n) is 13.6. The maximum absolute atomic E-state index is 4.69. The minimum atomic E-state index is 0.577. The van der Waals surface area contributed by atoms with E-state index in [1.165, 1.54) is 0 Å². The van der Waals surface area contributed by atoms with Gasteiger partial charge >= 0.3 is 0 Å². The highest BCUT2D eigenvalue weighted by molar-refractivity contribution is 7.20. The van der Waals surface area contributed by atoms with E-state index in [-0.39, 0.29) is 0 Å². The van der Waals surface area contributed by atoms with Gasteiger partial charge in [0, 0.05) is 17.8 Å². The number of hydrogen-bond donors (Lipinski definition) is 0. The summed E-state index contributed by atoms with van der Waals surface area (Å²) in [5.74, 6) is 0. The molecule has 0 saturated carbocycles. The van der Waals surface area contributed by atoms with Crippen LogP contribution in [0.5, 0.6) is 0 Å². The van der Waals surface area contributed by atoms with Gasteiger partial charge < -0.3 is 4.40 Å². The largest absolute Gasteiger partial charge is 0.320 e. The lowest BCUT2D eigenvalue weighted by molar-refractivity contribution is 1.07. The van der Waals surface area contributed by atoms with E-state index in [4.69, 9.17) is 4.98 Å². The van der Waals surface area contributed by atoms with Crippen molar-refractivity contribution in [2.24, 2.45) is 10.2 Å². The average molecular weight is 355 g/mol. The molecule has 0 radical (unpaired) electrons. The molecule has 124 valence electrons. The number of para-hydroxylation sites is 2. The van der Waals surface area contributed by atoms with Crippen molar-refractivity contribution >= 4 is 44.2 Å². The van der Waals surface area contributed by atoms with Gasteiger partial charge in [-0.3, -0.25) is 0 Å². The maximum Gasteiger partial charge on any atom is 0.199 e. The van der Waals surface area contributed by atoms with Crippen LogP contribution in [-0.2, 0) is 0 Å². The summed E-state index contributed by atoms with van der Waals surface area (Å²) < 4.78 is 3.15. The molecule has 0 aliphatic carbocycles. The first-order chi connectivity index (χ1) is 12.9. The van der Waals surface area contributed by atoms with Crippen molar-refractivity contribution in [2.75, 3.05) is 0 Å². The Morgan fingerprint density at radius 2 is 1.73 bits per heavy atom. The third-order valence-corrected chi connectivity index (χ3v) is 5.05. The number of benzene rings is 2. The minimum Gasteiger partial charge on any atom is -0.320 e. The first-order valence-corrected chi connectivity index (χ1v) is 8.98. The van der Waals surface area contributed by atoms with Gasteiger partial charge in [0.1, 0.15) is 5.01 Å². The molecule has 3 aromatic heterocycles. The topological polar surface area (TPSA) is 54.9 Å². The van der Waals surface area contributed by atoms with Crippen LogP contribution in [0.15, 0.2) is 83.3 Å². The zero-order valence-corrected chi connectivity index (χ0v) is 14.5. The lowest BCUT2D eigenvalue weighted by atomic mass is 10.2. The van der Waals surface area contributed by atoms with Crippen molar-refractivity contribution in [3.8, 4) is 0 Å². The van der Waals surface area contributed by atoms with Gasteiger partial charge in [0.05, 0.1) is 27.5 Å². The van der Waals surface area contributed by atoms with Gasteiger partial charge in [0.2, 0.25) is 0 Å². The van der Waals surface area contributed by atoms with E-state index in [0.29, 0.717) is 5.49 Å². The second-order valence-corrected chi connectivity index (χ2v) is 6.85. The van der Waals surface area contributed by atoms with Gasteiger partial charge in [-0.25, -0.2) is 9.97 Å². The molecule has 0 spiro atoms. The van der Waals surface area contributed by atoms with Crippen LogP contribution >= 0.6 is 11.3 Å². The summed E-state index contributed by atoms with van der Waals surface area (Å²) in [5, 5.41) is 10.5. The molecule has 0 unspecified atom stereocenters. The molecule has 26 heavy (non-hydrogen) atoms. The average Bonchev–Trinajstić information content (AvgIpc) is 3.25. The number of hydrogen-bond acceptors (Lipinski definition) is 5. The summed E-state index contributed by atoms with van der Waals surface area (Å²) in [6, 6.07) is 20.0. The fraction of sp³-hybridized carbons (Fsp3) is 0. The monoisotopic (exact) mass is 355 g/mol. The number of thiazole rings is 1. The first-order valence-electron chi connectivity index (χ1n) is 8.16. The molecule has 0 N–H and O–H groups in total. The van der Waals surface area contributed by atoms with Crippen LogP contribution in [0.25, 0.3) is 26.6 Å². The molecule has 2 aromatic carbocycles. The normalized spacial score (nSPS) is 12.7. The zero-order chi connectivity index (χ0) is 17.3. The van der Waals surface area contributed by atoms with Gasteiger partial charge in [0.15, 0.2) is 5.49 Å². The quantitative estimate of drug-likeness (QED) is 0.355. The highest BCUT2D eigenvalue weighted by Gasteiger charge is 2.01. The summed E-state index contributed by atoms with van der Waals surface area (Å²) in [5.41, 5.74) is 3.34. The van der Waals surface area contributed by atoms with Crippen LogP contribution in [-0.4, -0.2) is 20.6 Å². The predicted octanol–water partition coefficient (Wildman–Crippen LogP) is 4.03. The van der Waals surface area contributed by atoms with Gasteiger partial charge in [-0.1, -0.05) is 30.3 Å². The standard InChI is InChI=1S/C20H13N5S/c1-2-7-15-14(6-1)13-25-11-5-9-17(25)20(23-15)24-21-12-19-22-16-8-3-4-10-18(16)26-19/h1-13H. The van der Waals surface area contributed by atoms with Crippen molar-refractivity contribution in [1.82, 2.24) is 14.4 Å². The molecule has 5 rings (SSSR count). The van der Waals surface area contributed by atoms with Crippen LogP contribution < -0.4 is 5.49 Å². The van der Waals surface area contributed by atoms with E-state index in [9.17, 15) is 0 Å². The number of nitrogens with zero attached hydrogens (tertiary/aromatic N) is 5. The summed E-state index contributed by atoms with van der Waals surface area (Å²) in [6.07, 6.45) is 5.72. The van der Waals surface area contributed by atoms with E-state index in [2.05, 4.69) is 21.3 Å². The van der Waals surface area contributed by atoms with Gasteiger partial charge in [-0.15, -0.1) is 16.4 Å². The predicted molar refractivity (Wildman–Crippen MR) is 105 cm³/mol. The lowest BCUT2D eigenvalue weighted by Gasteiger charge is -1.88. The van der Waals surface area contributed by atoms with Crippen molar-refractivity contribution in [2.45, 2.75) is 0 Å². The molecular weight excluding hydrogens is 342 g/mol. The second-order valence-electron chi connectivity index (χ2n) is 5.79. The van der Waals surface area contributed by atoms with E-state index >= 15 is 0 Å². The molecule has 0 aliphatic rings. The van der Waals surface area contributed by atoms with Gasteiger partial charge in [-0.05, 0) is 30.3 Å². The Labute approximate surface area is 152 Å². The molecule has 0 fully saturated rings. The Bertz CT molecular complexity index is 1310.